The molecule has 5 heteroatoms. The van der Waals surface area contributed by atoms with E-state index in [1.807, 2.05) is 0 Å². The maximum Gasteiger partial charge on any atom is 0.326 e. The van der Waals surface area contributed by atoms with Crippen LogP contribution in [0.25, 0.3) is 0 Å². The minimum Gasteiger partial charge on any atom is -0.451 e. The summed E-state index contributed by atoms with van der Waals surface area (Å²) in [4.78, 5) is 33.6. The Bertz CT molecular complexity index is 248. The molecule has 0 spiro atoms. The van der Waals surface area contributed by atoms with Crippen molar-refractivity contribution in [2.45, 2.75) is 20.0 Å². The van der Waals surface area contributed by atoms with Crippen LogP contribution in [0.2, 0.25) is 0 Å². The molecular formula is C7H9NO4. The van der Waals surface area contributed by atoms with E-state index in [0.717, 1.165) is 4.90 Å². The molecule has 2 amide bonds. The molecule has 0 saturated carbocycles. The third-order valence-electron chi connectivity index (χ3n) is 1.59. The van der Waals surface area contributed by atoms with Crippen LogP contribution in [0.4, 0.5) is 0 Å². The number of amides is 2. The number of hydrogen-bond donors (Lipinski definition) is 0. The van der Waals surface area contributed by atoms with Crippen molar-refractivity contribution in [1.82, 2.24) is 4.90 Å². The average Bonchev–Trinajstić information content (AvgIpc) is 1.96. The van der Waals surface area contributed by atoms with Crippen molar-refractivity contribution in [2.75, 3.05) is 6.54 Å². The van der Waals surface area contributed by atoms with Crippen molar-refractivity contribution >= 4 is 17.8 Å². The number of imide groups is 1. The van der Waals surface area contributed by atoms with Crippen LogP contribution >= 0.6 is 0 Å². The zero-order valence-corrected chi connectivity index (χ0v) is 6.86. The minimum atomic E-state index is -0.838. The van der Waals surface area contributed by atoms with E-state index < -0.39 is 23.9 Å². The lowest BCUT2D eigenvalue weighted by Gasteiger charge is -2.27. The summed E-state index contributed by atoms with van der Waals surface area (Å²) in [7, 11) is 0. The molecule has 0 aliphatic carbocycles. The molecule has 0 bridgehead atoms. The van der Waals surface area contributed by atoms with E-state index in [1.165, 1.54) is 13.8 Å². The van der Waals surface area contributed by atoms with Gasteiger partial charge in [0.1, 0.15) is 6.54 Å². The standard InChI is InChI=1S/C7H9NO4/c1-4-7(11)8(5(2)9)3-6(10)12-4/h4H,3H2,1-2H3/t4-/m0/s1. The maximum absolute atomic E-state index is 11.1. The molecule has 5 nitrogen and oxygen atoms in total. The first-order valence-corrected chi connectivity index (χ1v) is 3.54. The second-order valence-electron chi connectivity index (χ2n) is 2.58. The number of hydrogen-bond acceptors (Lipinski definition) is 4. The number of cyclic esters (lactones) is 1. The highest BCUT2D eigenvalue weighted by Gasteiger charge is 2.33. The van der Waals surface area contributed by atoms with Crippen molar-refractivity contribution in [3.8, 4) is 0 Å². The zero-order chi connectivity index (χ0) is 9.30. The van der Waals surface area contributed by atoms with Crippen LogP contribution in [0.15, 0.2) is 0 Å². The number of morpholine rings is 1. The Balaban J connectivity index is 2.80. The molecule has 0 unspecified atom stereocenters. The molecule has 1 atom stereocenters. The Morgan fingerprint density at radius 3 is 2.67 bits per heavy atom. The first-order valence-electron chi connectivity index (χ1n) is 3.54. The number of carbonyl (C=O) groups is 3. The van der Waals surface area contributed by atoms with Crippen molar-refractivity contribution < 1.29 is 19.1 Å². The Kier molecular flexibility index (Phi) is 2.12. The smallest absolute Gasteiger partial charge is 0.326 e. The van der Waals surface area contributed by atoms with Crippen molar-refractivity contribution in [2.24, 2.45) is 0 Å². The van der Waals surface area contributed by atoms with Gasteiger partial charge in [-0.3, -0.25) is 19.3 Å². The van der Waals surface area contributed by atoms with Crippen LogP contribution in [-0.4, -0.2) is 35.3 Å². The lowest BCUT2D eigenvalue weighted by molar-refractivity contribution is -0.173. The van der Waals surface area contributed by atoms with Crippen LogP contribution in [0.5, 0.6) is 0 Å². The van der Waals surface area contributed by atoms with E-state index in [-0.39, 0.29) is 6.54 Å². The van der Waals surface area contributed by atoms with Gasteiger partial charge < -0.3 is 4.74 Å². The first-order chi connectivity index (χ1) is 5.52. The number of nitrogens with zero attached hydrogens (tertiary/aromatic N) is 1. The van der Waals surface area contributed by atoms with Crippen LogP contribution in [0, 0.1) is 0 Å². The second-order valence-corrected chi connectivity index (χ2v) is 2.58. The van der Waals surface area contributed by atoms with Gasteiger partial charge in [-0.05, 0) is 6.92 Å². The molecule has 1 rings (SSSR count). The van der Waals surface area contributed by atoms with Gasteiger partial charge in [0.25, 0.3) is 5.91 Å². The molecule has 0 N–H and O–H groups in total. The highest BCUT2D eigenvalue weighted by molar-refractivity contribution is 6.01. The van der Waals surface area contributed by atoms with Gasteiger partial charge in [-0.2, -0.15) is 0 Å². The lowest BCUT2D eigenvalue weighted by Crippen LogP contribution is -2.50. The summed E-state index contributed by atoms with van der Waals surface area (Å²) in [5.41, 5.74) is 0. The normalized spacial score (nSPS) is 23.8. The summed E-state index contributed by atoms with van der Waals surface area (Å²) >= 11 is 0. The molecule has 0 aromatic rings. The van der Waals surface area contributed by atoms with Crippen LogP contribution < -0.4 is 0 Å². The predicted molar refractivity (Wildman–Crippen MR) is 37.9 cm³/mol. The molecule has 1 aliphatic heterocycles. The minimum absolute atomic E-state index is 0.265. The third-order valence-corrected chi connectivity index (χ3v) is 1.59. The monoisotopic (exact) mass is 171 g/mol. The van der Waals surface area contributed by atoms with Gasteiger partial charge in [0.2, 0.25) is 5.91 Å². The largest absolute Gasteiger partial charge is 0.451 e. The first kappa shape index (κ1) is 8.70. The summed E-state index contributed by atoms with van der Waals surface area (Å²) in [5, 5.41) is 0. The van der Waals surface area contributed by atoms with Crippen LogP contribution in [-0.2, 0) is 19.1 Å². The summed E-state index contributed by atoms with van der Waals surface area (Å²) in [6, 6.07) is 0. The van der Waals surface area contributed by atoms with Gasteiger partial charge in [-0.25, -0.2) is 0 Å². The van der Waals surface area contributed by atoms with Crippen molar-refractivity contribution in [3.05, 3.63) is 0 Å². The van der Waals surface area contributed by atoms with E-state index in [2.05, 4.69) is 4.74 Å². The van der Waals surface area contributed by atoms with Gasteiger partial charge >= 0.3 is 5.97 Å². The predicted octanol–water partition coefficient (Wildman–Crippen LogP) is -0.693. The van der Waals surface area contributed by atoms with Crippen molar-refractivity contribution in [1.29, 1.82) is 0 Å². The molecule has 1 saturated heterocycles. The number of rotatable bonds is 0. The average molecular weight is 171 g/mol. The summed E-state index contributed by atoms with van der Waals surface area (Å²) in [6.07, 6.45) is -0.838. The SMILES string of the molecule is CC(=O)N1CC(=O)O[C@@H](C)C1=O. The molecule has 1 fully saturated rings. The Morgan fingerprint density at radius 1 is 1.58 bits per heavy atom. The van der Waals surface area contributed by atoms with E-state index in [9.17, 15) is 14.4 Å². The molecule has 0 radical (unpaired) electrons. The topological polar surface area (TPSA) is 63.7 Å². The Labute approximate surface area is 69.3 Å². The maximum atomic E-state index is 11.1. The van der Waals surface area contributed by atoms with Gasteiger partial charge in [-0.15, -0.1) is 0 Å². The number of carbonyl (C=O) groups excluding carboxylic acids is 3. The zero-order valence-electron chi connectivity index (χ0n) is 6.86. The summed E-state index contributed by atoms with van der Waals surface area (Å²) in [5.74, 6) is -1.43. The fourth-order valence-electron chi connectivity index (χ4n) is 0.978. The molecule has 12 heavy (non-hydrogen) atoms. The fraction of sp³-hybridized carbons (Fsp3) is 0.571. The van der Waals surface area contributed by atoms with Gasteiger partial charge in [0.15, 0.2) is 6.10 Å². The highest BCUT2D eigenvalue weighted by Crippen LogP contribution is 2.07. The van der Waals surface area contributed by atoms with Crippen molar-refractivity contribution in [3.63, 3.8) is 0 Å². The molecule has 1 heterocycles. The molecular weight excluding hydrogens is 162 g/mol. The molecule has 66 valence electrons. The summed E-state index contributed by atoms with van der Waals surface area (Å²) in [6.45, 7) is 2.41. The second kappa shape index (κ2) is 2.92. The Hall–Kier alpha value is -1.39. The van der Waals surface area contributed by atoms with E-state index in [1.54, 1.807) is 0 Å². The highest BCUT2D eigenvalue weighted by atomic mass is 16.6. The van der Waals surface area contributed by atoms with E-state index >= 15 is 0 Å². The quantitative estimate of drug-likeness (QED) is 0.452. The molecule has 0 aromatic heterocycles. The fourth-order valence-corrected chi connectivity index (χ4v) is 0.978. The number of ether oxygens (including phenoxy) is 1. The van der Waals surface area contributed by atoms with E-state index in [4.69, 9.17) is 0 Å². The van der Waals surface area contributed by atoms with Gasteiger partial charge in [0, 0.05) is 6.92 Å². The van der Waals surface area contributed by atoms with Crippen LogP contribution in [0.1, 0.15) is 13.8 Å². The van der Waals surface area contributed by atoms with Gasteiger partial charge in [0.05, 0.1) is 0 Å². The van der Waals surface area contributed by atoms with Crippen LogP contribution in [0.3, 0.4) is 0 Å². The van der Waals surface area contributed by atoms with E-state index in [0.29, 0.717) is 0 Å². The third kappa shape index (κ3) is 1.44. The Morgan fingerprint density at radius 2 is 2.17 bits per heavy atom. The lowest BCUT2D eigenvalue weighted by atomic mass is 10.3. The number of esters is 1. The molecule has 1 aliphatic rings. The van der Waals surface area contributed by atoms with Gasteiger partial charge in [-0.1, -0.05) is 0 Å². The molecule has 0 aromatic carbocycles. The summed E-state index contributed by atoms with van der Waals surface area (Å²) < 4.78 is 4.60.